The van der Waals surface area contributed by atoms with Crippen molar-refractivity contribution >= 4 is 23.2 Å². The topological polar surface area (TPSA) is 57.3 Å². The molecule has 1 fully saturated rings. The Balaban J connectivity index is 1.49. The number of para-hydroxylation sites is 1. The van der Waals surface area contributed by atoms with Gasteiger partial charge in [0, 0.05) is 30.0 Å². The summed E-state index contributed by atoms with van der Waals surface area (Å²) < 4.78 is 0. The molecule has 0 atom stereocenters. The number of nitrogens with one attached hydrogen (secondary N) is 2. The van der Waals surface area contributed by atoms with Crippen LogP contribution in [0.5, 0.6) is 0 Å². The van der Waals surface area contributed by atoms with Gasteiger partial charge in [-0.25, -0.2) is 9.78 Å². The van der Waals surface area contributed by atoms with Crippen molar-refractivity contribution in [2.24, 2.45) is 0 Å². The molecule has 3 aromatic rings. The van der Waals surface area contributed by atoms with Crippen molar-refractivity contribution in [3.8, 4) is 11.3 Å². The van der Waals surface area contributed by atoms with Gasteiger partial charge in [0.2, 0.25) is 0 Å². The van der Waals surface area contributed by atoms with Crippen LogP contribution in [0.4, 0.5) is 22.0 Å². The van der Waals surface area contributed by atoms with Crippen molar-refractivity contribution in [2.75, 3.05) is 28.6 Å². The summed E-state index contributed by atoms with van der Waals surface area (Å²) in [6, 6.07) is 21.5. The molecule has 2 amide bonds. The van der Waals surface area contributed by atoms with E-state index in [1.807, 2.05) is 60.7 Å². The Labute approximate surface area is 171 Å². The van der Waals surface area contributed by atoms with E-state index in [0.29, 0.717) is 0 Å². The predicted octanol–water partition coefficient (Wildman–Crippen LogP) is 5.56. The zero-order valence-electron chi connectivity index (χ0n) is 16.7. The first-order valence-corrected chi connectivity index (χ1v) is 10.2. The van der Waals surface area contributed by atoms with E-state index in [0.717, 1.165) is 53.5 Å². The van der Waals surface area contributed by atoms with Crippen molar-refractivity contribution in [3.63, 3.8) is 0 Å². The van der Waals surface area contributed by atoms with Crippen LogP contribution in [-0.2, 0) is 6.42 Å². The minimum absolute atomic E-state index is 0.248. The van der Waals surface area contributed by atoms with Crippen LogP contribution in [-0.4, -0.2) is 24.1 Å². The maximum atomic E-state index is 12.5. The number of carbonyl (C=O) groups is 1. The summed E-state index contributed by atoms with van der Waals surface area (Å²) >= 11 is 0. The second kappa shape index (κ2) is 8.78. The monoisotopic (exact) mass is 386 g/mol. The van der Waals surface area contributed by atoms with E-state index in [4.69, 9.17) is 4.98 Å². The number of aryl methyl sites for hydroxylation is 1. The lowest BCUT2D eigenvalue weighted by Crippen LogP contribution is -2.20. The molecule has 29 heavy (non-hydrogen) atoms. The zero-order valence-corrected chi connectivity index (χ0v) is 16.7. The summed E-state index contributed by atoms with van der Waals surface area (Å²) in [5.74, 6) is 1.02. The molecule has 0 spiro atoms. The van der Waals surface area contributed by atoms with Gasteiger partial charge >= 0.3 is 6.03 Å². The molecular weight excluding hydrogens is 360 g/mol. The van der Waals surface area contributed by atoms with Crippen LogP contribution >= 0.6 is 0 Å². The number of carbonyl (C=O) groups excluding carboxylic acids is 1. The molecule has 2 aromatic carbocycles. The third kappa shape index (κ3) is 4.57. The molecule has 0 aliphatic carbocycles. The largest absolute Gasteiger partial charge is 0.357 e. The molecule has 1 aliphatic rings. The fourth-order valence-electron chi connectivity index (χ4n) is 3.70. The Morgan fingerprint density at radius 3 is 2.59 bits per heavy atom. The lowest BCUT2D eigenvalue weighted by molar-refractivity contribution is 0.262. The summed E-state index contributed by atoms with van der Waals surface area (Å²) in [7, 11) is 0. The second-order valence-electron chi connectivity index (χ2n) is 7.25. The van der Waals surface area contributed by atoms with Crippen LogP contribution in [0.25, 0.3) is 11.3 Å². The van der Waals surface area contributed by atoms with E-state index < -0.39 is 0 Å². The lowest BCUT2D eigenvalue weighted by Gasteiger charge is -2.17. The Bertz CT molecular complexity index is 995. The Kier molecular flexibility index (Phi) is 5.75. The fraction of sp³-hybridized carbons (Fsp3) is 0.250. The van der Waals surface area contributed by atoms with E-state index in [1.165, 1.54) is 12.8 Å². The van der Waals surface area contributed by atoms with E-state index in [9.17, 15) is 4.79 Å². The maximum absolute atomic E-state index is 12.5. The van der Waals surface area contributed by atoms with Gasteiger partial charge in [-0.15, -0.1) is 0 Å². The normalized spacial score (nSPS) is 13.3. The van der Waals surface area contributed by atoms with Crippen molar-refractivity contribution in [3.05, 3.63) is 72.3 Å². The first-order chi connectivity index (χ1) is 14.2. The summed E-state index contributed by atoms with van der Waals surface area (Å²) in [5.41, 5.74) is 4.58. The van der Waals surface area contributed by atoms with Gasteiger partial charge in [0.05, 0.1) is 5.69 Å². The lowest BCUT2D eigenvalue weighted by atomic mass is 10.1. The highest BCUT2D eigenvalue weighted by molar-refractivity contribution is 6.00. The van der Waals surface area contributed by atoms with Gasteiger partial charge in [-0.3, -0.25) is 0 Å². The van der Waals surface area contributed by atoms with Gasteiger partial charge in [0.25, 0.3) is 0 Å². The van der Waals surface area contributed by atoms with Gasteiger partial charge in [0.15, 0.2) is 0 Å². The van der Waals surface area contributed by atoms with Crippen molar-refractivity contribution in [2.45, 2.75) is 26.2 Å². The number of hydrogen-bond donors (Lipinski definition) is 2. The van der Waals surface area contributed by atoms with E-state index in [2.05, 4.69) is 28.5 Å². The van der Waals surface area contributed by atoms with Crippen LogP contribution in [0.1, 0.15) is 25.3 Å². The molecule has 0 radical (unpaired) electrons. The molecule has 1 aromatic heterocycles. The Morgan fingerprint density at radius 1 is 0.966 bits per heavy atom. The first-order valence-electron chi connectivity index (χ1n) is 10.2. The molecule has 0 bridgehead atoms. The van der Waals surface area contributed by atoms with Gasteiger partial charge in [-0.2, -0.15) is 0 Å². The standard InChI is InChI=1S/C24H26N4O/c1-2-18-9-3-4-12-21(18)27-24(29)25-20-11-7-10-19(17-20)22-13-8-14-23(26-22)28-15-5-6-16-28/h3-4,7-14,17H,2,5-6,15-16H2,1H3,(H2,25,27,29). The number of nitrogens with zero attached hydrogens (tertiary/aromatic N) is 2. The molecule has 1 aliphatic heterocycles. The van der Waals surface area contributed by atoms with E-state index >= 15 is 0 Å². The van der Waals surface area contributed by atoms with Crippen LogP contribution in [0.2, 0.25) is 0 Å². The van der Waals surface area contributed by atoms with Crippen LogP contribution < -0.4 is 15.5 Å². The summed E-state index contributed by atoms with van der Waals surface area (Å²) in [6.07, 6.45) is 3.31. The molecule has 2 N–H and O–H groups in total. The SMILES string of the molecule is CCc1ccccc1NC(=O)Nc1cccc(-c2cccc(N3CCCC3)n2)c1. The molecule has 4 rings (SSSR count). The molecule has 5 heteroatoms. The third-order valence-corrected chi connectivity index (χ3v) is 5.23. The second-order valence-corrected chi connectivity index (χ2v) is 7.25. The molecule has 148 valence electrons. The number of pyridine rings is 1. The van der Waals surface area contributed by atoms with E-state index in [-0.39, 0.29) is 6.03 Å². The average Bonchev–Trinajstić information content (AvgIpc) is 3.29. The molecule has 5 nitrogen and oxygen atoms in total. The highest BCUT2D eigenvalue weighted by Crippen LogP contribution is 2.25. The van der Waals surface area contributed by atoms with Gasteiger partial charge < -0.3 is 15.5 Å². The highest BCUT2D eigenvalue weighted by Gasteiger charge is 2.14. The van der Waals surface area contributed by atoms with Crippen LogP contribution in [0.15, 0.2) is 66.7 Å². The van der Waals surface area contributed by atoms with Crippen LogP contribution in [0, 0.1) is 0 Å². The van der Waals surface area contributed by atoms with Crippen molar-refractivity contribution in [1.82, 2.24) is 4.98 Å². The molecular formula is C24H26N4O. The number of aromatic nitrogens is 1. The first kappa shape index (κ1) is 19.0. The number of rotatable bonds is 5. The van der Waals surface area contributed by atoms with Gasteiger partial charge in [0.1, 0.15) is 5.82 Å². The number of urea groups is 1. The fourth-order valence-corrected chi connectivity index (χ4v) is 3.70. The van der Waals surface area contributed by atoms with Crippen molar-refractivity contribution < 1.29 is 4.79 Å². The minimum Gasteiger partial charge on any atom is -0.357 e. The van der Waals surface area contributed by atoms with Crippen molar-refractivity contribution in [1.29, 1.82) is 0 Å². The van der Waals surface area contributed by atoms with E-state index in [1.54, 1.807) is 0 Å². The highest BCUT2D eigenvalue weighted by atomic mass is 16.2. The van der Waals surface area contributed by atoms with Gasteiger partial charge in [-0.05, 0) is 55.2 Å². The molecule has 1 saturated heterocycles. The Hall–Kier alpha value is -3.34. The number of hydrogen-bond acceptors (Lipinski definition) is 3. The zero-order chi connectivity index (χ0) is 20.1. The number of amides is 2. The summed E-state index contributed by atoms with van der Waals surface area (Å²) in [5, 5.41) is 5.88. The molecule has 2 heterocycles. The quantitative estimate of drug-likeness (QED) is 0.604. The molecule has 0 saturated carbocycles. The third-order valence-electron chi connectivity index (χ3n) is 5.23. The predicted molar refractivity (Wildman–Crippen MR) is 120 cm³/mol. The molecule has 0 unspecified atom stereocenters. The number of benzene rings is 2. The Morgan fingerprint density at radius 2 is 1.76 bits per heavy atom. The van der Waals surface area contributed by atoms with Crippen LogP contribution in [0.3, 0.4) is 0 Å². The van der Waals surface area contributed by atoms with Gasteiger partial charge in [-0.1, -0.05) is 43.3 Å². The summed E-state index contributed by atoms with van der Waals surface area (Å²) in [6.45, 7) is 4.21. The smallest absolute Gasteiger partial charge is 0.323 e. The minimum atomic E-state index is -0.248. The summed E-state index contributed by atoms with van der Waals surface area (Å²) in [4.78, 5) is 19.6. The average molecular weight is 386 g/mol. The maximum Gasteiger partial charge on any atom is 0.323 e. The number of anilines is 3.